The van der Waals surface area contributed by atoms with Crippen LogP contribution in [-0.2, 0) is 0 Å². The second-order valence-electron chi connectivity index (χ2n) is 3.51. The summed E-state index contributed by atoms with van der Waals surface area (Å²) in [5.41, 5.74) is 9.06. The lowest BCUT2D eigenvalue weighted by molar-refractivity contribution is 0.189. The molecule has 1 aromatic carbocycles. The third-order valence-electron chi connectivity index (χ3n) is 2.31. The zero-order chi connectivity index (χ0) is 12.5. The summed E-state index contributed by atoms with van der Waals surface area (Å²) in [5.74, 6) is 0. The van der Waals surface area contributed by atoms with E-state index in [1.54, 1.807) is 0 Å². The van der Waals surface area contributed by atoms with Crippen molar-refractivity contribution in [1.82, 2.24) is 5.32 Å². The van der Waals surface area contributed by atoms with Gasteiger partial charge >= 0.3 is 6.09 Å². The minimum atomic E-state index is -1.05. The number of azide groups is 1. The molecule has 17 heavy (non-hydrogen) atoms. The first-order valence-electron chi connectivity index (χ1n) is 5.29. The molecule has 1 unspecified atom stereocenters. The van der Waals surface area contributed by atoms with Crippen LogP contribution in [0.3, 0.4) is 0 Å². The molecule has 1 rings (SSSR count). The van der Waals surface area contributed by atoms with E-state index in [4.69, 9.17) is 10.6 Å². The number of hydrogen-bond donors (Lipinski definition) is 2. The van der Waals surface area contributed by atoms with Crippen LogP contribution in [0.1, 0.15) is 24.4 Å². The first kappa shape index (κ1) is 12.9. The number of nitrogens with one attached hydrogen (secondary N) is 1. The molecule has 6 heteroatoms. The van der Waals surface area contributed by atoms with E-state index in [1.807, 2.05) is 30.3 Å². The summed E-state index contributed by atoms with van der Waals surface area (Å²) >= 11 is 0. The molecule has 0 aliphatic carbocycles. The van der Waals surface area contributed by atoms with Crippen molar-refractivity contribution in [3.63, 3.8) is 0 Å². The van der Waals surface area contributed by atoms with Crippen molar-refractivity contribution in [1.29, 1.82) is 0 Å². The van der Waals surface area contributed by atoms with Crippen LogP contribution in [0.2, 0.25) is 0 Å². The monoisotopic (exact) mass is 234 g/mol. The molecule has 0 heterocycles. The maximum absolute atomic E-state index is 10.7. The fourth-order valence-electron chi connectivity index (χ4n) is 1.57. The van der Waals surface area contributed by atoms with Gasteiger partial charge in [-0.05, 0) is 23.9 Å². The number of rotatable bonds is 6. The maximum Gasteiger partial charge on any atom is 0.405 e. The van der Waals surface area contributed by atoms with E-state index in [-0.39, 0.29) is 6.04 Å². The Labute approximate surface area is 98.9 Å². The lowest BCUT2D eigenvalue weighted by Crippen LogP contribution is -2.26. The molecule has 6 nitrogen and oxygen atoms in total. The third kappa shape index (κ3) is 4.90. The second-order valence-corrected chi connectivity index (χ2v) is 3.51. The van der Waals surface area contributed by atoms with Crippen LogP contribution >= 0.6 is 0 Å². The molecule has 1 amide bonds. The molecule has 2 N–H and O–H groups in total. The highest BCUT2D eigenvalue weighted by atomic mass is 16.4. The van der Waals surface area contributed by atoms with Crippen LogP contribution in [0.15, 0.2) is 35.4 Å². The molecule has 0 saturated heterocycles. The number of carbonyl (C=O) groups is 1. The molecular formula is C11H14N4O2. The maximum atomic E-state index is 10.7. The lowest BCUT2D eigenvalue weighted by atomic mass is 10.0. The summed E-state index contributed by atoms with van der Waals surface area (Å²) in [6.45, 7) is 0.376. The first-order valence-corrected chi connectivity index (χ1v) is 5.29. The van der Waals surface area contributed by atoms with Gasteiger partial charge in [-0.2, -0.15) is 0 Å². The molecule has 0 bridgehead atoms. The fraction of sp³-hybridized carbons (Fsp3) is 0.364. The third-order valence-corrected chi connectivity index (χ3v) is 2.31. The van der Waals surface area contributed by atoms with E-state index in [2.05, 4.69) is 15.3 Å². The van der Waals surface area contributed by atoms with Crippen LogP contribution in [0.5, 0.6) is 0 Å². The molecular weight excluding hydrogens is 220 g/mol. The highest BCUT2D eigenvalue weighted by Gasteiger charge is 2.12. The zero-order valence-corrected chi connectivity index (χ0v) is 9.28. The molecule has 0 spiro atoms. The summed E-state index contributed by atoms with van der Waals surface area (Å²) in [7, 11) is 0. The molecule has 0 radical (unpaired) electrons. The summed E-state index contributed by atoms with van der Waals surface area (Å²) in [5, 5.41) is 14.6. The molecule has 0 fully saturated rings. The minimum absolute atomic E-state index is 0.261. The van der Waals surface area contributed by atoms with Gasteiger partial charge < -0.3 is 10.4 Å². The molecule has 1 atom stereocenters. The number of benzene rings is 1. The number of nitrogens with zero attached hydrogens (tertiary/aromatic N) is 3. The van der Waals surface area contributed by atoms with Gasteiger partial charge in [0.1, 0.15) is 0 Å². The quantitative estimate of drug-likeness (QED) is 0.342. The molecule has 0 aliphatic rings. The van der Waals surface area contributed by atoms with Gasteiger partial charge in [-0.3, -0.25) is 0 Å². The van der Waals surface area contributed by atoms with Gasteiger partial charge in [0.2, 0.25) is 0 Å². The van der Waals surface area contributed by atoms with E-state index in [0.717, 1.165) is 5.56 Å². The average molecular weight is 234 g/mol. The van der Waals surface area contributed by atoms with E-state index in [0.29, 0.717) is 19.4 Å². The molecule has 1 aromatic rings. The van der Waals surface area contributed by atoms with Crippen molar-refractivity contribution in [3.8, 4) is 0 Å². The highest BCUT2D eigenvalue weighted by Crippen LogP contribution is 2.18. The van der Waals surface area contributed by atoms with Gasteiger partial charge in [0.15, 0.2) is 0 Å². The Hall–Kier alpha value is -2.20. The van der Waals surface area contributed by atoms with E-state index < -0.39 is 6.09 Å². The highest BCUT2D eigenvalue weighted by molar-refractivity contribution is 5.65. The summed E-state index contributed by atoms with van der Waals surface area (Å²) < 4.78 is 0. The van der Waals surface area contributed by atoms with Crippen molar-refractivity contribution in [2.24, 2.45) is 5.11 Å². The van der Waals surface area contributed by atoms with E-state index in [1.165, 1.54) is 0 Å². The van der Waals surface area contributed by atoms with Gasteiger partial charge in [-0.25, -0.2) is 4.79 Å². The fourth-order valence-corrected chi connectivity index (χ4v) is 1.57. The van der Waals surface area contributed by atoms with Crippen LogP contribution in [0.4, 0.5) is 4.79 Å². The van der Waals surface area contributed by atoms with Crippen LogP contribution in [0.25, 0.3) is 10.4 Å². The SMILES string of the molecule is [N-]=[N+]=NCCCC(NC(=O)O)c1ccccc1. The van der Waals surface area contributed by atoms with Crippen LogP contribution in [-0.4, -0.2) is 17.7 Å². The Bertz CT molecular complexity index is 401. The van der Waals surface area contributed by atoms with Gasteiger partial charge in [0, 0.05) is 11.5 Å². The Morgan fingerprint density at radius 2 is 2.18 bits per heavy atom. The molecule has 90 valence electrons. The van der Waals surface area contributed by atoms with Crippen molar-refractivity contribution in [3.05, 3.63) is 46.3 Å². The molecule has 0 aliphatic heterocycles. The first-order chi connectivity index (χ1) is 8.24. The van der Waals surface area contributed by atoms with Crippen molar-refractivity contribution >= 4 is 6.09 Å². The Morgan fingerprint density at radius 1 is 1.47 bits per heavy atom. The average Bonchev–Trinajstić information content (AvgIpc) is 2.34. The predicted octanol–water partition coefficient (Wildman–Crippen LogP) is 3.09. The molecule has 0 aromatic heterocycles. The topological polar surface area (TPSA) is 98.1 Å². The summed E-state index contributed by atoms with van der Waals surface area (Å²) in [4.78, 5) is 13.3. The largest absolute Gasteiger partial charge is 0.465 e. The Balaban J connectivity index is 2.60. The number of amides is 1. The van der Waals surface area contributed by atoms with Crippen LogP contribution < -0.4 is 5.32 Å². The standard InChI is InChI=1S/C11H14N4O2/c12-15-13-8-4-7-10(14-11(16)17)9-5-2-1-3-6-9/h1-3,5-6,10,14H,4,7-8H2,(H,16,17). The van der Waals surface area contributed by atoms with Gasteiger partial charge in [0.05, 0.1) is 6.04 Å². The van der Waals surface area contributed by atoms with Gasteiger partial charge in [-0.15, -0.1) is 0 Å². The van der Waals surface area contributed by atoms with Crippen molar-refractivity contribution in [2.45, 2.75) is 18.9 Å². The van der Waals surface area contributed by atoms with Crippen molar-refractivity contribution < 1.29 is 9.90 Å². The second kappa shape index (κ2) is 7.14. The normalized spacial score (nSPS) is 11.3. The van der Waals surface area contributed by atoms with Crippen LogP contribution in [0, 0.1) is 0 Å². The summed E-state index contributed by atoms with van der Waals surface area (Å²) in [6, 6.07) is 9.07. The number of carboxylic acid groups (broad SMARTS) is 1. The van der Waals surface area contributed by atoms with E-state index in [9.17, 15) is 4.79 Å². The zero-order valence-electron chi connectivity index (χ0n) is 9.28. The van der Waals surface area contributed by atoms with Crippen molar-refractivity contribution in [2.75, 3.05) is 6.54 Å². The molecule has 0 saturated carbocycles. The summed E-state index contributed by atoms with van der Waals surface area (Å²) in [6.07, 6.45) is 0.196. The smallest absolute Gasteiger partial charge is 0.405 e. The predicted molar refractivity (Wildman–Crippen MR) is 63.6 cm³/mol. The minimum Gasteiger partial charge on any atom is -0.465 e. The lowest BCUT2D eigenvalue weighted by Gasteiger charge is -2.16. The van der Waals surface area contributed by atoms with Gasteiger partial charge in [0.25, 0.3) is 0 Å². The Morgan fingerprint density at radius 3 is 2.76 bits per heavy atom. The number of hydrogen-bond acceptors (Lipinski definition) is 2. The Kier molecular flexibility index (Phi) is 5.40. The van der Waals surface area contributed by atoms with Gasteiger partial charge in [-0.1, -0.05) is 35.4 Å². The van der Waals surface area contributed by atoms with E-state index >= 15 is 0 Å².